The molecule has 2 aromatic rings. The number of alkyl halides is 6. The van der Waals surface area contributed by atoms with Crippen LogP contribution >= 0.6 is 27.5 Å². The predicted molar refractivity (Wildman–Crippen MR) is 94.0 cm³/mol. The predicted octanol–water partition coefficient (Wildman–Crippen LogP) is 5.21. The van der Waals surface area contributed by atoms with Crippen molar-refractivity contribution < 1.29 is 30.7 Å². The molecule has 0 aliphatic heterocycles. The SMILES string of the molecule is C[C@@H](Nc1nc(N[C@H](C)C(F)(F)F)nc(-c2cc(F)c(Br)c(Cl)n2)n1)C(F)(F)F. The van der Waals surface area contributed by atoms with Crippen LogP contribution in [0.1, 0.15) is 13.8 Å². The molecule has 2 rings (SSSR count). The highest BCUT2D eigenvalue weighted by Gasteiger charge is 2.38. The normalized spacial score (nSPS) is 14.4. The minimum Gasteiger partial charge on any atom is -0.343 e. The summed E-state index contributed by atoms with van der Waals surface area (Å²) in [6.45, 7) is 1.51. The number of rotatable bonds is 5. The molecule has 2 heterocycles. The summed E-state index contributed by atoms with van der Waals surface area (Å²) < 4.78 is 90.5. The van der Waals surface area contributed by atoms with Gasteiger partial charge in [0.05, 0.1) is 4.47 Å². The van der Waals surface area contributed by atoms with E-state index >= 15 is 0 Å². The van der Waals surface area contributed by atoms with Crippen LogP contribution in [-0.4, -0.2) is 44.4 Å². The molecule has 15 heteroatoms. The van der Waals surface area contributed by atoms with Crippen LogP contribution in [0, 0.1) is 5.82 Å². The highest BCUT2D eigenvalue weighted by Crippen LogP contribution is 2.29. The number of halogens is 9. The summed E-state index contributed by atoms with van der Waals surface area (Å²) in [5.74, 6) is -2.78. The van der Waals surface area contributed by atoms with E-state index in [1.54, 1.807) is 0 Å². The number of hydrogen-bond donors (Lipinski definition) is 2. The third kappa shape index (κ3) is 6.01. The Morgan fingerprint density at radius 1 is 0.897 bits per heavy atom. The molecule has 2 N–H and O–H groups in total. The Morgan fingerprint density at radius 3 is 1.72 bits per heavy atom. The lowest BCUT2D eigenvalue weighted by Crippen LogP contribution is -2.35. The number of hydrogen-bond acceptors (Lipinski definition) is 6. The van der Waals surface area contributed by atoms with Crippen LogP contribution in [0.4, 0.5) is 42.6 Å². The lowest BCUT2D eigenvalue weighted by Gasteiger charge is -2.20. The van der Waals surface area contributed by atoms with E-state index in [2.05, 4.69) is 35.9 Å². The Morgan fingerprint density at radius 2 is 1.34 bits per heavy atom. The molecule has 29 heavy (non-hydrogen) atoms. The van der Waals surface area contributed by atoms with Crippen molar-refractivity contribution in [1.29, 1.82) is 0 Å². The first-order chi connectivity index (χ1) is 13.2. The maximum atomic E-state index is 13.9. The van der Waals surface area contributed by atoms with Crippen molar-refractivity contribution >= 4 is 39.4 Å². The van der Waals surface area contributed by atoms with Crippen molar-refractivity contribution in [2.75, 3.05) is 10.6 Å². The first-order valence-electron chi connectivity index (χ1n) is 7.63. The van der Waals surface area contributed by atoms with Gasteiger partial charge >= 0.3 is 12.4 Å². The van der Waals surface area contributed by atoms with Crippen molar-refractivity contribution in [3.63, 3.8) is 0 Å². The number of pyridine rings is 1. The van der Waals surface area contributed by atoms with Crippen molar-refractivity contribution in [1.82, 2.24) is 19.9 Å². The molecule has 2 aromatic heterocycles. The van der Waals surface area contributed by atoms with Gasteiger partial charge in [0.15, 0.2) is 5.82 Å². The molecule has 0 aliphatic rings. The molecule has 6 nitrogen and oxygen atoms in total. The molecule has 2 atom stereocenters. The third-order valence-electron chi connectivity index (χ3n) is 3.41. The van der Waals surface area contributed by atoms with Gasteiger partial charge in [-0.25, -0.2) is 9.37 Å². The summed E-state index contributed by atoms with van der Waals surface area (Å²) in [7, 11) is 0. The second kappa shape index (κ2) is 8.42. The molecule has 0 fully saturated rings. The Labute approximate surface area is 172 Å². The summed E-state index contributed by atoms with van der Waals surface area (Å²) in [5, 5.41) is 3.48. The lowest BCUT2D eigenvalue weighted by atomic mass is 10.3. The van der Waals surface area contributed by atoms with E-state index in [1.807, 2.05) is 10.6 Å². The summed E-state index contributed by atoms with van der Waals surface area (Å²) >= 11 is 8.57. The van der Waals surface area contributed by atoms with Gasteiger partial charge in [0, 0.05) is 6.07 Å². The quantitative estimate of drug-likeness (QED) is 0.424. The standard InChI is InChI=1S/C14H11BrClF7N6/c1-4(13(18,19)20)24-11-27-10(7-3-6(17)8(15)9(16)26-7)28-12(29-11)25-5(2)14(21,22)23/h3-5H,1-2H3,(H2,24,25,27,28,29)/t4-,5-/m1/s1. The molecule has 0 saturated carbocycles. The second-order valence-corrected chi connectivity index (χ2v) is 6.87. The van der Waals surface area contributed by atoms with E-state index < -0.39 is 48.0 Å². The third-order valence-corrected chi connectivity index (χ3v) is 4.67. The van der Waals surface area contributed by atoms with E-state index in [1.165, 1.54) is 0 Å². The highest BCUT2D eigenvalue weighted by atomic mass is 79.9. The summed E-state index contributed by atoms with van der Waals surface area (Å²) in [6, 6.07) is -3.47. The van der Waals surface area contributed by atoms with Crippen LogP contribution in [0.3, 0.4) is 0 Å². The Hall–Kier alpha value is -1.96. The van der Waals surface area contributed by atoms with Crippen LogP contribution in [-0.2, 0) is 0 Å². The van der Waals surface area contributed by atoms with Crippen molar-refractivity contribution in [2.45, 2.75) is 38.3 Å². The largest absolute Gasteiger partial charge is 0.408 e. The van der Waals surface area contributed by atoms with Crippen LogP contribution < -0.4 is 10.6 Å². The molecular weight excluding hydrogens is 501 g/mol. The average Bonchev–Trinajstić information content (AvgIpc) is 2.57. The minimum absolute atomic E-state index is 0.190. The smallest absolute Gasteiger partial charge is 0.343 e. The van der Waals surface area contributed by atoms with Gasteiger partial charge in [0.2, 0.25) is 11.9 Å². The fourth-order valence-electron chi connectivity index (χ4n) is 1.75. The molecule has 0 bridgehead atoms. The van der Waals surface area contributed by atoms with Crippen LogP contribution in [0.2, 0.25) is 5.15 Å². The number of nitrogens with one attached hydrogen (secondary N) is 2. The van der Waals surface area contributed by atoms with Crippen molar-refractivity contribution in [3.05, 3.63) is 21.5 Å². The van der Waals surface area contributed by atoms with E-state index in [0.29, 0.717) is 0 Å². The molecule has 0 aliphatic carbocycles. The van der Waals surface area contributed by atoms with Crippen molar-refractivity contribution in [2.24, 2.45) is 0 Å². The average molecular weight is 512 g/mol. The topological polar surface area (TPSA) is 75.6 Å². The first-order valence-corrected chi connectivity index (χ1v) is 8.80. The fourth-order valence-corrected chi connectivity index (χ4v) is 2.14. The monoisotopic (exact) mass is 510 g/mol. The van der Waals surface area contributed by atoms with Crippen LogP contribution in [0.15, 0.2) is 10.5 Å². The maximum absolute atomic E-state index is 13.9. The zero-order chi connectivity index (χ0) is 22.1. The summed E-state index contributed by atoms with van der Waals surface area (Å²) in [5.41, 5.74) is -0.330. The molecule has 0 unspecified atom stereocenters. The molecule has 0 radical (unpaired) electrons. The highest BCUT2D eigenvalue weighted by molar-refractivity contribution is 9.10. The Kier molecular flexibility index (Phi) is 6.77. The zero-order valence-electron chi connectivity index (χ0n) is 14.4. The lowest BCUT2D eigenvalue weighted by molar-refractivity contribution is -0.139. The molecule has 0 spiro atoms. The number of nitrogens with zero attached hydrogens (tertiary/aromatic N) is 4. The van der Waals surface area contributed by atoms with Crippen LogP contribution in [0.25, 0.3) is 11.5 Å². The first kappa shape index (κ1) is 23.3. The van der Waals surface area contributed by atoms with E-state index in [9.17, 15) is 30.7 Å². The van der Waals surface area contributed by atoms with E-state index in [-0.39, 0.29) is 15.3 Å². The van der Waals surface area contributed by atoms with Gasteiger partial charge in [-0.3, -0.25) is 0 Å². The second-order valence-electron chi connectivity index (χ2n) is 5.72. The van der Waals surface area contributed by atoms with Gasteiger partial charge in [0.25, 0.3) is 0 Å². The maximum Gasteiger partial charge on any atom is 0.408 e. The van der Waals surface area contributed by atoms with Gasteiger partial charge in [-0.15, -0.1) is 0 Å². The molecule has 0 aromatic carbocycles. The summed E-state index contributed by atoms with van der Waals surface area (Å²) in [4.78, 5) is 14.6. The van der Waals surface area contributed by atoms with Gasteiger partial charge in [-0.05, 0) is 29.8 Å². The van der Waals surface area contributed by atoms with Gasteiger partial charge in [-0.2, -0.15) is 41.3 Å². The van der Waals surface area contributed by atoms with Gasteiger partial charge < -0.3 is 10.6 Å². The molecular formula is C14H11BrClF7N6. The van der Waals surface area contributed by atoms with Crippen LogP contribution in [0.5, 0.6) is 0 Å². The van der Waals surface area contributed by atoms with E-state index in [0.717, 1.165) is 19.9 Å². The molecule has 160 valence electrons. The molecule has 0 saturated heterocycles. The summed E-state index contributed by atoms with van der Waals surface area (Å²) in [6.07, 6.45) is -9.38. The Bertz CT molecular complexity index is 828. The minimum atomic E-state index is -4.69. The van der Waals surface area contributed by atoms with Crippen molar-refractivity contribution in [3.8, 4) is 11.5 Å². The number of anilines is 2. The fraction of sp³-hybridized carbons (Fsp3) is 0.429. The molecule has 0 amide bonds. The number of aromatic nitrogens is 4. The van der Waals surface area contributed by atoms with E-state index in [4.69, 9.17) is 11.6 Å². The Balaban J connectivity index is 2.52. The zero-order valence-corrected chi connectivity index (χ0v) is 16.8. The van der Waals surface area contributed by atoms with Gasteiger partial charge in [-0.1, -0.05) is 11.6 Å². The van der Waals surface area contributed by atoms with Gasteiger partial charge in [0.1, 0.15) is 28.7 Å².